The van der Waals surface area contributed by atoms with E-state index in [4.69, 9.17) is 0 Å². The molecule has 0 fully saturated rings. The fourth-order valence-electron chi connectivity index (χ4n) is 2.85. The first-order valence-corrected chi connectivity index (χ1v) is 8.86. The highest BCUT2D eigenvalue weighted by Gasteiger charge is 1.98. The van der Waals surface area contributed by atoms with Gasteiger partial charge in [0.25, 0.3) is 0 Å². The monoisotopic (exact) mass is 306 g/mol. The Bertz CT molecular complexity index is 597. The summed E-state index contributed by atoms with van der Waals surface area (Å²) in [6.07, 6.45) is 7.80. The van der Waals surface area contributed by atoms with Crippen molar-refractivity contribution in [3.05, 3.63) is 76.9 Å². The molecule has 0 amide bonds. The molecule has 0 aliphatic rings. The molecule has 0 aromatic heterocycles. The van der Waals surface area contributed by atoms with Gasteiger partial charge in [-0.1, -0.05) is 88.4 Å². The van der Waals surface area contributed by atoms with E-state index in [1.807, 2.05) is 0 Å². The lowest BCUT2D eigenvalue weighted by molar-refractivity contribution is 0.647. The molecule has 2 aromatic rings. The van der Waals surface area contributed by atoms with Gasteiger partial charge in [-0.05, 0) is 53.4 Å². The maximum absolute atomic E-state index is 2.27. The molecular formula is C23H30. The van der Waals surface area contributed by atoms with Crippen molar-refractivity contribution in [3.63, 3.8) is 0 Å². The van der Waals surface area contributed by atoms with Gasteiger partial charge in [-0.25, -0.2) is 0 Å². The molecule has 0 nitrogen and oxygen atoms in total. The second-order valence-corrected chi connectivity index (χ2v) is 7.36. The summed E-state index contributed by atoms with van der Waals surface area (Å²) in [4.78, 5) is 0. The highest BCUT2D eigenvalue weighted by Crippen LogP contribution is 2.13. The summed E-state index contributed by atoms with van der Waals surface area (Å²) in [5.74, 6) is 1.44. The van der Waals surface area contributed by atoms with E-state index in [0.717, 1.165) is 24.7 Å². The summed E-state index contributed by atoms with van der Waals surface area (Å²) in [6, 6.07) is 18.0. The summed E-state index contributed by atoms with van der Waals surface area (Å²) in [5, 5.41) is 0. The smallest absolute Gasteiger partial charge is 0.00941 e. The van der Waals surface area contributed by atoms with Crippen LogP contribution in [0.2, 0.25) is 0 Å². The molecule has 0 aliphatic heterocycles. The summed E-state index contributed by atoms with van der Waals surface area (Å²) in [6.45, 7) is 9.06. The molecule has 0 saturated heterocycles. The van der Waals surface area contributed by atoms with Crippen LogP contribution < -0.4 is 0 Å². The normalized spacial score (nSPS) is 11.7. The van der Waals surface area contributed by atoms with Crippen LogP contribution in [0.3, 0.4) is 0 Å². The average Bonchev–Trinajstić information content (AvgIpc) is 2.50. The van der Waals surface area contributed by atoms with Crippen LogP contribution in [-0.4, -0.2) is 0 Å². The van der Waals surface area contributed by atoms with Crippen LogP contribution >= 0.6 is 0 Å². The van der Waals surface area contributed by atoms with Gasteiger partial charge in [-0.15, -0.1) is 0 Å². The van der Waals surface area contributed by atoms with E-state index >= 15 is 0 Å². The summed E-state index contributed by atoms with van der Waals surface area (Å²) < 4.78 is 0. The molecule has 0 heterocycles. The third-order valence-electron chi connectivity index (χ3n) is 3.95. The first-order valence-electron chi connectivity index (χ1n) is 8.86. The minimum atomic E-state index is 0.718. The third-order valence-corrected chi connectivity index (χ3v) is 3.95. The van der Waals surface area contributed by atoms with Crippen LogP contribution in [0.1, 0.15) is 49.9 Å². The van der Waals surface area contributed by atoms with Gasteiger partial charge < -0.3 is 0 Å². The number of benzene rings is 2. The van der Waals surface area contributed by atoms with Crippen molar-refractivity contribution in [3.8, 4) is 0 Å². The molecule has 0 N–H and O–H groups in total. The zero-order valence-corrected chi connectivity index (χ0v) is 15.0. The largest absolute Gasteiger partial charge is 0.0795 e. The Morgan fingerprint density at radius 3 is 1.57 bits per heavy atom. The van der Waals surface area contributed by atoms with Gasteiger partial charge in [-0.3, -0.25) is 0 Å². The molecule has 2 rings (SSSR count). The fourth-order valence-corrected chi connectivity index (χ4v) is 2.85. The maximum atomic E-state index is 2.27. The third kappa shape index (κ3) is 6.44. The average molecular weight is 306 g/mol. The van der Waals surface area contributed by atoms with Crippen LogP contribution in [0, 0.1) is 11.8 Å². The number of hydrogen-bond donors (Lipinski definition) is 0. The molecule has 122 valence electrons. The van der Waals surface area contributed by atoms with E-state index < -0.39 is 0 Å². The maximum Gasteiger partial charge on any atom is -0.00941 e. The van der Waals surface area contributed by atoms with Crippen molar-refractivity contribution < 1.29 is 0 Å². The number of allylic oxidation sites excluding steroid dienone is 1. The van der Waals surface area contributed by atoms with E-state index in [-0.39, 0.29) is 0 Å². The lowest BCUT2D eigenvalue weighted by Crippen LogP contribution is -1.94. The van der Waals surface area contributed by atoms with Gasteiger partial charge in [0.05, 0.1) is 0 Å². The van der Waals surface area contributed by atoms with Crippen molar-refractivity contribution in [2.75, 3.05) is 0 Å². The molecule has 0 aliphatic carbocycles. The SMILES string of the molecule is CC(C)Cc1ccc(/C=C/Cc2ccc(CC(C)C)cc2)cc1. The fraction of sp³-hybridized carbons (Fsp3) is 0.391. The first-order chi connectivity index (χ1) is 11.0. The minimum absolute atomic E-state index is 0.718. The van der Waals surface area contributed by atoms with Gasteiger partial charge in [0.1, 0.15) is 0 Å². The van der Waals surface area contributed by atoms with Gasteiger partial charge in [0, 0.05) is 0 Å². The van der Waals surface area contributed by atoms with E-state index in [9.17, 15) is 0 Å². The van der Waals surface area contributed by atoms with Crippen molar-refractivity contribution in [1.29, 1.82) is 0 Å². The summed E-state index contributed by atoms with van der Waals surface area (Å²) in [7, 11) is 0. The van der Waals surface area contributed by atoms with Crippen LogP contribution in [0.4, 0.5) is 0 Å². The number of hydrogen-bond acceptors (Lipinski definition) is 0. The molecule has 0 unspecified atom stereocenters. The molecule has 23 heavy (non-hydrogen) atoms. The molecule has 0 saturated carbocycles. The first kappa shape index (κ1) is 17.5. The topological polar surface area (TPSA) is 0 Å². The predicted molar refractivity (Wildman–Crippen MR) is 103 cm³/mol. The van der Waals surface area contributed by atoms with E-state index in [1.165, 1.54) is 28.7 Å². The molecule has 0 spiro atoms. The Morgan fingerprint density at radius 1 is 0.652 bits per heavy atom. The Balaban J connectivity index is 1.88. The Kier molecular flexibility index (Phi) is 6.65. The predicted octanol–water partition coefficient (Wildman–Crippen LogP) is 6.34. The van der Waals surface area contributed by atoms with Crippen LogP contribution in [-0.2, 0) is 19.3 Å². The van der Waals surface area contributed by atoms with Crippen molar-refractivity contribution in [2.45, 2.75) is 47.0 Å². The molecule has 0 heteroatoms. The highest BCUT2D eigenvalue weighted by molar-refractivity contribution is 5.50. The Morgan fingerprint density at radius 2 is 1.09 bits per heavy atom. The van der Waals surface area contributed by atoms with Crippen molar-refractivity contribution in [2.24, 2.45) is 11.8 Å². The van der Waals surface area contributed by atoms with Crippen LogP contribution in [0.25, 0.3) is 6.08 Å². The second-order valence-electron chi connectivity index (χ2n) is 7.36. The van der Waals surface area contributed by atoms with Gasteiger partial charge in [0.2, 0.25) is 0 Å². The van der Waals surface area contributed by atoms with Crippen LogP contribution in [0.15, 0.2) is 54.6 Å². The van der Waals surface area contributed by atoms with E-state index in [2.05, 4.69) is 88.4 Å². The van der Waals surface area contributed by atoms with Gasteiger partial charge >= 0.3 is 0 Å². The van der Waals surface area contributed by atoms with Crippen molar-refractivity contribution >= 4 is 6.08 Å². The molecule has 0 radical (unpaired) electrons. The Hall–Kier alpha value is -1.82. The molecule has 0 atom stereocenters. The van der Waals surface area contributed by atoms with E-state index in [1.54, 1.807) is 0 Å². The van der Waals surface area contributed by atoms with Crippen LogP contribution in [0.5, 0.6) is 0 Å². The molecule has 0 bridgehead atoms. The lowest BCUT2D eigenvalue weighted by Gasteiger charge is -2.06. The Labute approximate surface area is 142 Å². The molecular weight excluding hydrogens is 276 g/mol. The standard InChI is InChI=1S/C23H30/c1-18(2)16-22-12-8-20(9-13-22)6-5-7-21-10-14-23(15-11-21)17-19(3)4/h5-6,8-15,18-19H,7,16-17H2,1-4H3/b6-5+. The highest BCUT2D eigenvalue weighted by atomic mass is 14.0. The summed E-state index contributed by atoms with van der Waals surface area (Å²) in [5.41, 5.74) is 5.53. The molecule has 2 aromatic carbocycles. The van der Waals surface area contributed by atoms with Gasteiger partial charge in [-0.2, -0.15) is 0 Å². The van der Waals surface area contributed by atoms with Crippen molar-refractivity contribution in [1.82, 2.24) is 0 Å². The van der Waals surface area contributed by atoms with E-state index in [0.29, 0.717) is 0 Å². The number of rotatable bonds is 7. The minimum Gasteiger partial charge on any atom is -0.0795 e. The van der Waals surface area contributed by atoms with Gasteiger partial charge in [0.15, 0.2) is 0 Å². The quantitative estimate of drug-likeness (QED) is 0.560. The summed E-state index contributed by atoms with van der Waals surface area (Å²) >= 11 is 0. The zero-order valence-electron chi connectivity index (χ0n) is 15.0. The second kappa shape index (κ2) is 8.72. The lowest BCUT2D eigenvalue weighted by atomic mass is 10.0. The zero-order chi connectivity index (χ0) is 16.7.